The van der Waals surface area contributed by atoms with Gasteiger partial charge in [0.2, 0.25) is 5.91 Å². The van der Waals surface area contributed by atoms with E-state index < -0.39 is 24.2 Å². The molecule has 28 heavy (non-hydrogen) atoms. The van der Waals surface area contributed by atoms with E-state index >= 15 is 0 Å². The first-order valence-electron chi connectivity index (χ1n) is 10.1. The Morgan fingerprint density at radius 1 is 1.07 bits per heavy atom. The molecule has 0 unspecified atom stereocenters. The number of benzene rings is 1. The van der Waals surface area contributed by atoms with Gasteiger partial charge in [-0.15, -0.1) is 0 Å². The molecule has 4 fully saturated rings. The average Bonchev–Trinajstić information content (AvgIpc) is 2.63. The first-order valence-corrected chi connectivity index (χ1v) is 10.1. The summed E-state index contributed by atoms with van der Waals surface area (Å²) in [6.07, 6.45) is 7.87. The Balaban J connectivity index is 1.21. The second-order valence-electron chi connectivity index (χ2n) is 8.97. The highest BCUT2D eigenvalue weighted by molar-refractivity contribution is 5.98. The highest BCUT2D eigenvalue weighted by Crippen LogP contribution is 2.61. The number of hydrogen-bond acceptors (Lipinski definition) is 4. The van der Waals surface area contributed by atoms with Crippen molar-refractivity contribution in [1.82, 2.24) is 5.32 Å². The number of carbonyl (C=O) groups excluding carboxylic acids is 3. The van der Waals surface area contributed by atoms with Crippen LogP contribution in [0.4, 0.5) is 4.39 Å². The molecule has 4 aliphatic rings. The van der Waals surface area contributed by atoms with Crippen LogP contribution >= 0.6 is 0 Å². The van der Waals surface area contributed by atoms with Gasteiger partial charge in [0, 0.05) is 12.0 Å². The SMILES string of the molecule is O=C(CC12CC3CC(CC(C3)C1)C2)NCC(=O)OCC(=O)c1cccc(F)c1. The molecule has 0 heterocycles. The van der Waals surface area contributed by atoms with Gasteiger partial charge < -0.3 is 10.1 Å². The van der Waals surface area contributed by atoms with Crippen molar-refractivity contribution in [1.29, 1.82) is 0 Å². The lowest BCUT2D eigenvalue weighted by Crippen LogP contribution is -2.48. The van der Waals surface area contributed by atoms with Gasteiger partial charge in [0.25, 0.3) is 0 Å². The van der Waals surface area contributed by atoms with Gasteiger partial charge in [-0.3, -0.25) is 14.4 Å². The lowest BCUT2D eigenvalue weighted by Gasteiger charge is -2.56. The molecular weight excluding hydrogens is 361 g/mol. The van der Waals surface area contributed by atoms with Crippen LogP contribution in [0, 0.1) is 29.0 Å². The maximum Gasteiger partial charge on any atom is 0.325 e. The number of nitrogens with one attached hydrogen (secondary N) is 1. The predicted molar refractivity (Wildman–Crippen MR) is 99.9 cm³/mol. The molecule has 1 N–H and O–H groups in total. The molecule has 0 saturated heterocycles. The number of esters is 1. The lowest BCUT2D eigenvalue weighted by molar-refractivity contribution is -0.143. The molecule has 5 nitrogen and oxygen atoms in total. The van der Waals surface area contributed by atoms with E-state index in [4.69, 9.17) is 4.74 Å². The van der Waals surface area contributed by atoms with Crippen molar-refractivity contribution in [2.45, 2.75) is 44.9 Å². The molecule has 0 radical (unpaired) electrons. The van der Waals surface area contributed by atoms with Crippen molar-refractivity contribution >= 4 is 17.7 Å². The summed E-state index contributed by atoms with van der Waals surface area (Å²) in [7, 11) is 0. The van der Waals surface area contributed by atoms with Gasteiger partial charge in [0.15, 0.2) is 12.4 Å². The van der Waals surface area contributed by atoms with Gasteiger partial charge in [-0.1, -0.05) is 12.1 Å². The normalized spacial score (nSPS) is 30.1. The summed E-state index contributed by atoms with van der Waals surface area (Å²) in [5, 5.41) is 2.65. The summed E-state index contributed by atoms with van der Waals surface area (Å²) < 4.78 is 18.1. The Morgan fingerprint density at radius 2 is 1.71 bits per heavy atom. The van der Waals surface area contributed by atoms with E-state index in [1.54, 1.807) is 0 Å². The molecule has 0 spiro atoms. The first kappa shape index (κ1) is 19.1. The number of amides is 1. The lowest BCUT2D eigenvalue weighted by atomic mass is 9.49. The van der Waals surface area contributed by atoms with Crippen LogP contribution in [-0.2, 0) is 14.3 Å². The quantitative estimate of drug-likeness (QED) is 0.576. The molecule has 0 aliphatic heterocycles. The van der Waals surface area contributed by atoms with Crippen molar-refractivity contribution in [3.8, 4) is 0 Å². The predicted octanol–water partition coefficient (Wildman–Crippen LogP) is 3.27. The monoisotopic (exact) mass is 387 g/mol. The fourth-order valence-electron chi connectivity index (χ4n) is 6.02. The maximum atomic E-state index is 13.1. The van der Waals surface area contributed by atoms with Crippen molar-refractivity contribution in [2.24, 2.45) is 23.2 Å². The first-order chi connectivity index (χ1) is 13.4. The third-order valence-electron chi connectivity index (χ3n) is 6.64. The Bertz CT molecular complexity index is 755. The number of ether oxygens (including phenoxy) is 1. The molecular formula is C22H26FNO4. The number of ketones is 1. The minimum absolute atomic E-state index is 0.115. The molecule has 0 atom stereocenters. The molecule has 0 aromatic heterocycles. The Labute approximate surface area is 164 Å². The third-order valence-corrected chi connectivity index (χ3v) is 6.64. The zero-order chi connectivity index (χ0) is 19.7. The fraction of sp³-hybridized carbons (Fsp3) is 0.591. The molecule has 150 valence electrons. The molecule has 1 amide bonds. The molecule has 6 heteroatoms. The van der Waals surface area contributed by atoms with Crippen LogP contribution in [0.5, 0.6) is 0 Å². The molecule has 1 aromatic carbocycles. The zero-order valence-corrected chi connectivity index (χ0v) is 15.9. The fourth-order valence-corrected chi connectivity index (χ4v) is 6.02. The Morgan fingerprint density at radius 3 is 2.32 bits per heavy atom. The summed E-state index contributed by atoms with van der Waals surface area (Å²) in [6.45, 7) is -0.714. The number of halogens is 1. The number of carbonyl (C=O) groups is 3. The van der Waals surface area contributed by atoms with Gasteiger partial charge in [-0.25, -0.2) is 4.39 Å². The van der Waals surface area contributed by atoms with Crippen LogP contribution in [0.2, 0.25) is 0 Å². The van der Waals surface area contributed by atoms with Crippen LogP contribution in [0.1, 0.15) is 55.3 Å². The standard InChI is InChI=1S/C22H26FNO4/c23-18-3-1-2-17(7-18)19(25)13-28-21(27)12-24-20(26)11-22-8-14-4-15(9-22)6-16(5-14)10-22/h1-3,7,14-16H,4-6,8-13H2,(H,24,26). The van der Waals surface area contributed by atoms with Crippen molar-refractivity contribution in [3.05, 3.63) is 35.6 Å². The highest BCUT2D eigenvalue weighted by atomic mass is 19.1. The van der Waals surface area contributed by atoms with Crippen LogP contribution in [-0.4, -0.2) is 30.8 Å². The van der Waals surface area contributed by atoms with Gasteiger partial charge in [-0.05, 0) is 73.8 Å². The highest BCUT2D eigenvalue weighted by Gasteiger charge is 2.51. The summed E-state index contributed by atoms with van der Waals surface area (Å²) in [5.41, 5.74) is 0.273. The number of hydrogen-bond donors (Lipinski definition) is 1. The minimum Gasteiger partial charge on any atom is -0.456 e. The van der Waals surface area contributed by atoms with Gasteiger partial charge >= 0.3 is 5.97 Å². The summed E-state index contributed by atoms with van der Waals surface area (Å²) in [5.74, 6) is 0.550. The van der Waals surface area contributed by atoms with Gasteiger partial charge in [-0.2, -0.15) is 0 Å². The van der Waals surface area contributed by atoms with Crippen LogP contribution in [0.25, 0.3) is 0 Å². The Hall–Kier alpha value is -2.24. The molecule has 4 bridgehead atoms. The number of rotatable bonds is 7. The van der Waals surface area contributed by atoms with E-state index in [0.29, 0.717) is 6.42 Å². The van der Waals surface area contributed by atoms with Crippen LogP contribution in [0.3, 0.4) is 0 Å². The van der Waals surface area contributed by atoms with E-state index in [1.165, 1.54) is 37.5 Å². The topological polar surface area (TPSA) is 72.5 Å². The van der Waals surface area contributed by atoms with E-state index in [9.17, 15) is 18.8 Å². The summed E-state index contributed by atoms with van der Waals surface area (Å²) in [4.78, 5) is 36.2. The van der Waals surface area contributed by atoms with Crippen molar-refractivity contribution in [2.75, 3.05) is 13.2 Å². The minimum atomic E-state index is -0.663. The van der Waals surface area contributed by atoms with E-state index in [-0.39, 0.29) is 23.4 Å². The second kappa shape index (κ2) is 7.64. The second-order valence-corrected chi connectivity index (χ2v) is 8.97. The molecule has 4 aliphatic carbocycles. The largest absolute Gasteiger partial charge is 0.456 e. The van der Waals surface area contributed by atoms with Crippen molar-refractivity contribution < 1.29 is 23.5 Å². The third kappa shape index (κ3) is 4.26. The van der Waals surface area contributed by atoms with Crippen molar-refractivity contribution in [3.63, 3.8) is 0 Å². The Kier molecular flexibility index (Phi) is 5.21. The van der Waals surface area contributed by atoms with Gasteiger partial charge in [0.1, 0.15) is 12.4 Å². The molecule has 4 saturated carbocycles. The summed E-state index contributed by atoms with van der Waals surface area (Å²) in [6, 6.07) is 5.23. The molecule has 1 aromatic rings. The smallest absolute Gasteiger partial charge is 0.325 e. The van der Waals surface area contributed by atoms with Crippen LogP contribution in [0.15, 0.2) is 24.3 Å². The maximum absolute atomic E-state index is 13.1. The van der Waals surface area contributed by atoms with E-state index in [0.717, 1.165) is 43.1 Å². The van der Waals surface area contributed by atoms with Gasteiger partial charge in [0.05, 0.1) is 0 Å². The zero-order valence-electron chi connectivity index (χ0n) is 15.9. The molecule has 5 rings (SSSR count). The summed E-state index contributed by atoms with van der Waals surface area (Å²) >= 11 is 0. The van der Waals surface area contributed by atoms with E-state index in [2.05, 4.69) is 5.32 Å². The number of Topliss-reactive ketones (excluding diaryl/α,β-unsaturated/α-hetero) is 1. The average molecular weight is 387 g/mol. The van der Waals surface area contributed by atoms with E-state index in [1.807, 2.05) is 0 Å². The van der Waals surface area contributed by atoms with Crippen LogP contribution < -0.4 is 5.32 Å².